The van der Waals surface area contributed by atoms with E-state index in [1.165, 1.54) is 17.1 Å². The van der Waals surface area contributed by atoms with Crippen molar-refractivity contribution in [3.05, 3.63) is 40.9 Å². The molecule has 0 aliphatic carbocycles. The third kappa shape index (κ3) is 4.05. The van der Waals surface area contributed by atoms with Crippen LogP contribution < -0.4 is 4.74 Å². The average Bonchev–Trinajstić information content (AvgIpc) is 3.02. The maximum absolute atomic E-state index is 12.3. The molecule has 1 saturated heterocycles. The lowest BCUT2D eigenvalue weighted by Crippen LogP contribution is -2.35. The average molecular weight is 332 g/mol. The molecule has 23 heavy (non-hydrogen) atoms. The molecular formula is C16H20N4O2S. The summed E-state index contributed by atoms with van der Waals surface area (Å²) >= 11 is 1.21. The molecule has 2 heterocycles. The van der Waals surface area contributed by atoms with Crippen LogP contribution in [0, 0.1) is 0 Å². The van der Waals surface area contributed by atoms with E-state index in [1.807, 2.05) is 17.0 Å². The zero-order valence-corrected chi connectivity index (χ0v) is 14.0. The predicted octanol–water partition coefficient (Wildman–Crippen LogP) is 1.89. The summed E-state index contributed by atoms with van der Waals surface area (Å²) in [6.45, 7) is 4.26. The molecule has 0 N–H and O–H groups in total. The molecular weight excluding hydrogens is 312 g/mol. The smallest absolute Gasteiger partial charge is 0.275 e. The van der Waals surface area contributed by atoms with E-state index < -0.39 is 0 Å². The van der Waals surface area contributed by atoms with Crippen molar-refractivity contribution >= 4 is 17.4 Å². The van der Waals surface area contributed by atoms with Crippen LogP contribution in [0.4, 0.5) is 0 Å². The predicted molar refractivity (Wildman–Crippen MR) is 88.7 cm³/mol. The first-order valence-electron chi connectivity index (χ1n) is 7.68. The number of methoxy groups -OCH3 is 1. The summed E-state index contributed by atoms with van der Waals surface area (Å²) in [5.41, 5.74) is 1.72. The summed E-state index contributed by atoms with van der Waals surface area (Å²) in [6.07, 6.45) is 0.972. The normalized spacial score (nSPS) is 16.1. The summed E-state index contributed by atoms with van der Waals surface area (Å²) in [5, 5.41) is 5.59. The van der Waals surface area contributed by atoms with E-state index >= 15 is 0 Å². The van der Waals surface area contributed by atoms with Gasteiger partial charge in [-0.05, 0) is 35.6 Å². The number of carbonyl (C=O) groups is 1. The van der Waals surface area contributed by atoms with Gasteiger partial charge >= 0.3 is 0 Å². The molecule has 0 saturated carbocycles. The maximum atomic E-state index is 12.3. The van der Waals surface area contributed by atoms with Crippen molar-refractivity contribution in [2.75, 3.05) is 33.3 Å². The van der Waals surface area contributed by atoms with Gasteiger partial charge in [0.25, 0.3) is 5.91 Å². The van der Waals surface area contributed by atoms with E-state index in [0.717, 1.165) is 44.9 Å². The van der Waals surface area contributed by atoms with Crippen LogP contribution in [-0.2, 0) is 6.54 Å². The van der Waals surface area contributed by atoms with Crippen molar-refractivity contribution in [2.45, 2.75) is 13.0 Å². The molecule has 7 heteroatoms. The first-order valence-corrected chi connectivity index (χ1v) is 8.51. The third-order valence-electron chi connectivity index (χ3n) is 4.02. The topological polar surface area (TPSA) is 58.6 Å². The van der Waals surface area contributed by atoms with Crippen LogP contribution in [0.5, 0.6) is 5.75 Å². The quantitative estimate of drug-likeness (QED) is 0.856. The van der Waals surface area contributed by atoms with E-state index in [1.54, 1.807) is 12.5 Å². The number of carbonyl (C=O) groups excluding carboxylic acids is 1. The van der Waals surface area contributed by atoms with Crippen molar-refractivity contribution in [3.63, 3.8) is 0 Å². The minimum absolute atomic E-state index is 0.00922. The number of amides is 1. The fourth-order valence-corrected chi connectivity index (χ4v) is 3.17. The molecule has 1 fully saturated rings. The molecule has 6 nitrogen and oxygen atoms in total. The second-order valence-corrected chi connectivity index (χ2v) is 6.17. The molecule has 0 radical (unpaired) electrons. The Morgan fingerprint density at radius 2 is 2.04 bits per heavy atom. The molecule has 3 rings (SSSR count). The molecule has 1 aromatic heterocycles. The van der Waals surface area contributed by atoms with Gasteiger partial charge in [0, 0.05) is 38.1 Å². The van der Waals surface area contributed by atoms with E-state index in [2.05, 4.69) is 26.6 Å². The number of nitrogens with zero attached hydrogens (tertiary/aromatic N) is 4. The standard InChI is InChI=1S/C16H20N4O2S/c1-22-14-5-3-13(4-6-14)11-19-7-2-8-20(10-9-19)16(21)15-12-23-18-17-15/h3-6,12H,2,7-11H2,1H3. The second kappa shape index (κ2) is 7.52. The minimum Gasteiger partial charge on any atom is -0.497 e. The van der Waals surface area contributed by atoms with Gasteiger partial charge in [0.05, 0.1) is 7.11 Å². The van der Waals surface area contributed by atoms with E-state index in [9.17, 15) is 4.79 Å². The lowest BCUT2D eigenvalue weighted by Gasteiger charge is -2.21. The van der Waals surface area contributed by atoms with Crippen LogP contribution in [0.1, 0.15) is 22.5 Å². The van der Waals surface area contributed by atoms with Gasteiger partial charge in [0.1, 0.15) is 5.75 Å². The zero-order chi connectivity index (χ0) is 16.1. The summed E-state index contributed by atoms with van der Waals surface area (Å²) in [5.74, 6) is 0.864. The summed E-state index contributed by atoms with van der Waals surface area (Å²) < 4.78 is 8.96. The highest BCUT2D eigenvalue weighted by atomic mass is 32.1. The summed E-state index contributed by atoms with van der Waals surface area (Å²) in [4.78, 5) is 16.6. The number of ether oxygens (including phenoxy) is 1. The van der Waals surface area contributed by atoms with Gasteiger partial charge in [-0.25, -0.2) is 0 Å². The van der Waals surface area contributed by atoms with Gasteiger partial charge in [-0.3, -0.25) is 9.69 Å². The number of benzene rings is 1. The monoisotopic (exact) mass is 332 g/mol. The highest BCUT2D eigenvalue weighted by Crippen LogP contribution is 2.15. The van der Waals surface area contributed by atoms with Crippen molar-refractivity contribution in [3.8, 4) is 5.75 Å². The molecule has 2 aromatic rings. The molecule has 1 aromatic carbocycles. The molecule has 122 valence electrons. The van der Waals surface area contributed by atoms with E-state index in [4.69, 9.17) is 4.74 Å². The third-order valence-corrected chi connectivity index (χ3v) is 4.52. The lowest BCUT2D eigenvalue weighted by atomic mass is 10.2. The molecule has 0 unspecified atom stereocenters. The van der Waals surface area contributed by atoms with Gasteiger partial charge in [-0.15, -0.1) is 5.10 Å². The van der Waals surface area contributed by atoms with Crippen molar-refractivity contribution < 1.29 is 9.53 Å². The highest BCUT2D eigenvalue weighted by molar-refractivity contribution is 7.03. The zero-order valence-electron chi connectivity index (χ0n) is 13.1. The molecule has 0 spiro atoms. The molecule has 1 aliphatic rings. The minimum atomic E-state index is -0.00922. The SMILES string of the molecule is COc1ccc(CN2CCCN(C(=O)c3csnn3)CC2)cc1. The first-order chi connectivity index (χ1) is 11.3. The van der Waals surface area contributed by atoms with Gasteiger partial charge < -0.3 is 9.64 Å². The van der Waals surface area contributed by atoms with Crippen LogP contribution in [0.15, 0.2) is 29.6 Å². The largest absolute Gasteiger partial charge is 0.497 e. The maximum Gasteiger partial charge on any atom is 0.275 e. The van der Waals surface area contributed by atoms with Gasteiger partial charge in [-0.2, -0.15) is 0 Å². The Bertz CT molecular complexity index is 630. The molecule has 0 bridgehead atoms. The fourth-order valence-electron chi connectivity index (χ4n) is 2.74. The summed E-state index contributed by atoms with van der Waals surface area (Å²) in [6, 6.07) is 8.15. The number of hydrogen-bond donors (Lipinski definition) is 0. The van der Waals surface area contributed by atoms with Crippen LogP contribution in [-0.4, -0.2) is 58.6 Å². The molecule has 0 atom stereocenters. The van der Waals surface area contributed by atoms with Crippen LogP contribution in [0.2, 0.25) is 0 Å². The molecule has 1 amide bonds. The van der Waals surface area contributed by atoms with Crippen molar-refractivity contribution in [1.29, 1.82) is 0 Å². The van der Waals surface area contributed by atoms with Crippen LogP contribution in [0.3, 0.4) is 0 Å². The Morgan fingerprint density at radius 1 is 1.22 bits per heavy atom. The second-order valence-electron chi connectivity index (χ2n) is 5.56. The summed E-state index contributed by atoms with van der Waals surface area (Å²) in [7, 11) is 1.67. The Hall–Kier alpha value is -1.99. The molecule has 1 aliphatic heterocycles. The highest BCUT2D eigenvalue weighted by Gasteiger charge is 2.21. The van der Waals surface area contributed by atoms with E-state index in [0.29, 0.717) is 5.69 Å². The first kappa shape index (κ1) is 15.9. The Balaban J connectivity index is 1.56. The number of rotatable bonds is 4. The lowest BCUT2D eigenvalue weighted by molar-refractivity contribution is 0.0755. The van der Waals surface area contributed by atoms with Crippen LogP contribution >= 0.6 is 11.5 Å². The van der Waals surface area contributed by atoms with E-state index in [-0.39, 0.29) is 5.91 Å². The number of aromatic nitrogens is 2. The fraction of sp³-hybridized carbons (Fsp3) is 0.438. The van der Waals surface area contributed by atoms with Crippen molar-refractivity contribution in [2.24, 2.45) is 0 Å². The van der Waals surface area contributed by atoms with Crippen LogP contribution in [0.25, 0.3) is 0 Å². The Labute approximate surface area is 139 Å². The van der Waals surface area contributed by atoms with Gasteiger partial charge in [0.2, 0.25) is 0 Å². The van der Waals surface area contributed by atoms with Crippen molar-refractivity contribution in [1.82, 2.24) is 19.4 Å². The Kier molecular flexibility index (Phi) is 5.19. The van der Waals surface area contributed by atoms with Gasteiger partial charge in [-0.1, -0.05) is 16.6 Å². The Morgan fingerprint density at radius 3 is 2.74 bits per heavy atom. The van der Waals surface area contributed by atoms with Gasteiger partial charge in [0.15, 0.2) is 5.69 Å². The number of hydrogen-bond acceptors (Lipinski definition) is 6.